The van der Waals surface area contributed by atoms with Crippen LogP contribution in [0.1, 0.15) is 31.4 Å². The first-order chi connectivity index (χ1) is 17.2. The normalized spacial score (nSPS) is 13.5. The van der Waals surface area contributed by atoms with Crippen LogP contribution in [0, 0.1) is 0 Å². The van der Waals surface area contributed by atoms with Gasteiger partial charge < -0.3 is 20.7 Å². The van der Waals surface area contributed by atoms with E-state index in [0.29, 0.717) is 12.2 Å². The van der Waals surface area contributed by atoms with E-state index >= 15 is 0 Å². The lowest BCUT2D eigenvalue weighted by molar-refractivity contribution is -0.134. The van der Waals surface area contributed by atoms with Crippen molar-refractivity contribution in [3.05, 3.63) is 71.9 Å². The van der Waals surface area contributed by atoms with Gasteiger partial charge in [0.05, 0.1) is 5.75 Å². The molecule has 36 heavy (non-hydrogen) atoms. The number of carboxylic acid groups (broad SMARTS) is 1. The minimum atomic E-state index is -1.44. The number of H-pyrrole nitrogens is 1. The summed E-state index contributed by atoms with van der Waals surface area (Å²) >= 11 is 1.28. The first kappa shape index (κ1) is 27.0. The van der Waals surface area contributed by atoms with E-state index in [1.807, 2.05) is 54.6 Å². The number of carbonyl (C=O) groups is 4. The van der Waals surface area contributed by atoms with Crippen LogP contribution < -0.4 is 10.6 Å². The van der Waals surface area contributed by atoms with Crippen LogP contribution >= 0.6 is 11.8 Å². The Balaban J connectivity index is 1.78. The van der Waals surface area contributed by atoms with Crippen LogP contribution in [0.3, 0.4) is 0 Å². The van der Waals surface area contributed by atoms with Gasteiger partial charge in [0.15, 0.2) is 5.78 Å². The molecule has 0 unspecified atom stereocenters. The third-order valence-electron chi connectivity index (χ3n) is 5.95. The van der Waals surface area contributed by atoms with Crippen molar-refractivity contribution in [2.24, 2.45) is 0 Å². The number of para-hydroxylation sites is 1. The number of aromatic amines is 1. The van der Waals surface area contributed by atoms with Crippen LogP contribution in [-0.2, 0) is 27.2 Å². The Bertz CT molecular complexity index is 1230. The molecule has 8 nitrogen and oxygen atoms in total. The standard InChI is InChI=1S/C27H31N3O5S/c1-3-23(31)24(32)17-36-16-20(13-18-9-5-4-6-10-18)29-25(33)27(2,30-26(34)35)14-19-15-28-22-12-8-7-11-21(19)22/h4-12,15,20,28,30H,3,13-14,16-17H2,1-2H3,(H,29,33)(H,34,35)/t20-,27+/m0/s1. The zero-order chi connectivity index (χ0) is 26.1. The number of ketones is 2. The second-order valence-corrected chi connectivity index (χ2v) is 9.90. The number of rotatable bonds is 13. The van der Waals surface area contributed by atoms with Gasteiger partial charge in [-0.15, -0.1) is 0 Å². The van der Waals surface area contributed by atoms with E-state index in [2.05, 4.69) is 15.6 Å². The number of benzene rings is 2. The Labute approximate surface area is 214 Å². The molecule has 0 saturated carbocycles. The molecule has 1 heterocycles. The maximum absolute atomic E-state index is 13.5. The topological polar surface area (TPSA) is 128 Å². The molecule has 2 aromatic carbocycles. The highest BCUT2D eigenvalue weighted by Crippen LogP contribution is 2.23. The third-order valence-corrected chi connectivity index (χ3v) is 7.05. The Hall–Kier alpha value is -3.59. The SMILES string of the molecule is CCC(=O)C(=O)CSC[C@H](Cc1ccccc1)NC(=O)[C@@](C)(Cc1c[nH]c2ccccc12)NC(=O)O. The smallest absolute Gasteiger partial charge is 0.405 e. The Kier molecular flexibility index (Phi) is 9.30. The van der Waals surface area contributed by atoms with Gasteiger partial charge >= 0.3 is 6.09 Å². The zero-order valence-electron chi connectivity index (χ0n) is 20.4. The molecule has 0 fully saturated rings. The molecule has 0 aliphatic carbocycles. The van der Waals surface area contributed by atoms with Crippen LogP contribution in [0.4, 0.5) is 4.79 Å². The molecule has 3 aromatic rings. The molecule has 190 valence electrons. The highest BCUT2D eigenvalue weighted by molar-refractivity contribution is 8.00. The third kappa shape index (κ3) is 7.21. The second kappa shape index (κ2) is 12.4. The van der Waals surface area contributed by atoms with E-state index in [9.17, 15) is 24.3 Å². The van der Waals surface area contributed by atoms with Crippen LogP contribution in [0.15, 0.2) is 60.8 Å². The first-order valence-corrected chi connectivity index (χ1v) is 12.9. The molecule has 3 rings (SSSR count). The Morgan fingerprint density at radius 1 is 1.03 bits per heavy atom. The largest absolute Gasteiger partial charge is 0.465 e. The van der Waals surface area contributed by atoms with E-state index in [-0.39, 0.29) is 24.6 Å². The molecule has 4 N–H and O–H groups in total. The van der Waals surface area contributed by atoms with Crippen molar-refractivity contribution < 1.29 is 24.3 Å². The summed E-state index contributed by atoms with van der Waals surface area (Å²) in [6, 6.07) is 16.8. The number of fused-ring (bicyclic) bond motifs is 1. The number of thioether (sulfide) groups is 1. The molecular formula is C27H31N3O5S. The van der Waals surface area contributed by atoms with Gasteiger partial charge in [0.2, 0.25) is 11.7 Å². The maximum Gasteiger partial charge on any atom is 0.405 e. The van der Waals surface area contributed by atoms with E-state index in [0.717, 1.165) is 22.0 Å². The zero-order valence-corrected chi connectivity index (χ0v) is 21.2. The van der Waals surface area contributed by atoms with E-state index in [1.54, 1.807) is 20.0 Å². The number of hydrogen-bond donors (Lipinski definition) is 4. The fraction of sp³-hybridized carbons (Fsp3) is 0.333. The maximum atomic E-state index is 13.5. The van der Waals surface area contributed by atoms with Gasteiger partial charge in [0, 0.05) is 41.7 Å². The number of aromatic nitrogens is 1. The van der Waals surface area contributed by atoms with Crippen molar-refractivity contribution >= 4 is 46.2 Å². The lowest BCUT2D eigenvalue weighted by Crippen LogP contribution is -2.60. The molecule has 2 atom stereocenters. The molecule has 0 spiro atoms. The molecule has 2 amide bonds. The lowest BCUT2D eigenvalue weighted by atomic mass is 9.91. The van der Waals surface area contributed by atoms with E-state index < -0.39 is 29.1 Å². The number of hydrogen-bond acceptors (Lipinski definition) is 5. The predicted octanol–water partition coefficient (Wildman–Crippen LogP) is 3.75. The van der Waals surface area contributed by atoms with Gasteiger partial charge in [-0.3, -0.25) is 14.4 Å². The quantitative estimate of drug-likeness (QED) is 0.260. The summed E-state index contributed by atoms with van der Waals surface area (Å²) in [6.07, 6.45) is 1.28. The summed E-state index contributed by atoms with van der Waals surface area (Å²) in [5.74, 6) is -0.896. The number of nitrogens with one attached hydrogen (secondary N) is 3. The van der Waals surface area contributed by atoms with Crippen molar-refractivity contribution in [1.82, 2.24) is 15.6 Å². The Morgan fingerprint density at radius 2 is 1.72 bits per heavy atom. The van der Waals surface area contributed by atoms with Crippen molar-refractivity contribution in [3.8, 4) is 0 Å². The van der Waals surface area contributed by atoms with E-state index in [4.69, 9.17) is 0 Å². The van der Waals surface area contributed by atoms with Gasteiger partial charge in [-0.1, -0.05) is 55.5 Å². The Morgan fingerprint density at radius 3 is 2.42 bits per heavy atom. The molecule has 9 heteroatoms. The van der Waals surface area contributed by atoms with Gasteiger partial charge in [0.1, 0.15) is 5.54 Å². The molecule has 0 bridgehead atoms. The number of amides is 2. The summed E-state index contributed by atoms with van der Waals surface area (Å²) in [5, 5.41) is 15.8. The van der Waals surface area contributed by atoms with Gasteiger partial charge in [-0.25, -0.2) is 4.79 Å². The minimum absolute atomic E-state index is 0.0355. The summed E-state index contributed by atoms with van der Waals surface area (Å²) in [6.45, 7) is 3.21. The van der Waals surface area contributed by atoms with Crippen LogP contribution in [0.5, 0.6) is 0 Å². The summed E-state index contributed by atoms with van der Waals surface area (Å²) in [7, 11) is 0. The van der Waals surface area contributed by atoms with Gasteiger partial charge in [-0.2, -0.15) is 11.8 Å². The monoisotopic (exact) mass is 509 g/mol. The minimum Gasteiger partial charge on any atom is -0.465 e. The second-order valence-electron chi connectivity index (χ2n) is 8.87. The molecule has 0 saturated heterocycles. The average Bonchev–Trinajstić information content (AvgIpc) is 3.25. The fourth-order valence-electron chi connectivity index (χ4n) is 4.04. The van der Waals surface area contributed by atoms with Crippen LogP contribution in [-0.4, -0.2) is 56.7 Å². The predicted molar refractivity (Wildman–Crippen MR) is 141 cm³/mol. The molecule has 0 aliphatic heterocycles. The summed E-state index contributed by atoms with van der Waals surface area (Å²) in [5.41, 5.74) is 1.26. The lowest BCUT2D eigenvalue weighted by Gasteiger charge is -2.31. The first-order valence-electron chi connectivity index (χ1n) is 11.8. The van der Waals surface area contributed by atoms with Crippen LogP contribution in [0.25, 0.3) is 10.9 Å². The van der Waals surface area contributed by atoms with Crippen molar-refractivity contribution in [1.29, 1.82) is 0 Å². The highest BCUT2D eigenvalue weighted by Gasteiger charge is 2.37. The van der Waals surface area contributed by atoms with Gasteiger partial charge in [-0.05, 0) is 30.5 Å². The molecule has 1 aromatic heterocycles. The van der Waals surface area contributed by atoms with Crippen molar-refractivity contribution in [2.75, 3.05) is 11.5 Å². The van der Waals surface area contributed by atoms with Gasteiger partial charge in [0.25, 0.3) is 0 Å². The summed E-state index contributed by atoms with van der Waals surface area (Å²) in [4.78, 5) is 52.0. The molecule has 0 aliphatic rings. The van der Waals surface area contributed by atoms with Crippen molar-refractivity contribution in [3.63, 3.8) is 0 Å². The van der Waals surface area contributed by atoms with E-state index in [1.165, 1.54) is 11.8 Å². The highest BCUT2D eigenvalue weighted by atomic mass is 32.2. The fourth-order valence-corrected chi connectivity index (χ4v) is 4.99. The van der Waals surface area contributed by atoms with Crippen LogP contribution in [0.2, 0.25) is 0 Å². The van der Waals surface area contributed by atoms with Crippen molar-refractivity contribution in [2.45, 2.75) is 44.7 Å². The average molecular weight is 510 g/mol. The number of carbonyl (C=O) groups excluding carboxylic acids is 3. The molecular weight excluding hydrogens is 478 g/mol. The summed E-state index contributed by atoms with van der Waals surface area (Å²) < 4.78 is 0. The number of Topliss-reactive ketones (excluding diaryl/α,β-unsaturated/α-hetero) is 2. The molecule has 0 radical (unpaired) electrons.